The Morgan fingerprint density at radius 2 is 1.86 bits per heavy atom. The minimum atomic E-state index is -0.396. The second-order valence-corrected chi connectivity index (χ2v) is 8.22. The summed E-state index contributed by atoms with van der Waals surface area (Å²) >= 11 is 0. The molecule has 4 rings (SSSR count). The van der Waals surface area contributed by atoms with E-state index < -0.39 is 5.41 Å². The first kappa shape index (κ1) is 19.6. The number of halogens is 1. The lowest BCUT2D eigenvalue weighted by Crippen LogP contribution is -2.54. The summed E-state index contributed by atoms with van der Waals surface area (Å²) < 4.78 is 15.0. The van der Waals surface area contributed by atoms with Crippen molar-refractivity contribution >= 4 is 17.5 Å². The molecule has 6 nitrogen and oxygen atoms in total. The van der Waals surface area contributed by atoms with Crippen LogP contribution < -0.4 is 4.90 Å². The lowest BCUT2D eigenvalue weighted by atomic mass is 9.71. The van der Waals surface area contributed by atoms with E-state index in [0.29, 0.717) is 45.3 Å². The van der Waals surface area contributed by atoms with E-state index in [1.807, 2.05) is 18.1 Å². The Bertz CT molecular complexity index is 884. The molecule has 0 radical (unpaired) electrons. The number of piperidine rings is 2. The molecule has 2 aromatic rings. The third kappa shape index (κ3) is 4.04. The number of hydrogen-bond acceptors (Lipinski definition) is 3. The Morgan fingerprint density at radius 3 is 2.52 bits per heavy atom. The van der Waals surface area contributed by atoms with Crippen molar-refractivity contribution in [2.24, 2.45) is 12.5 Å². The van der Waals surface area contributed by atoms with Gasteiger partial charge in [0.25, 0.3) is 0 Å². The van der Waals surface area contributed by atoms with Gasteiger partial charge in [-0.05, 0) is 61.9 Å². The van der Waals surface area contributed by atoms with Gasteiger partial charge in [-0.1, -0.05) is 0 Å². The normalized spacial score (nSPS) is 19.0. The van der Waals surface area contributed by atoms with Gasteiger partial charge in [0, 0.05) is 45.0 Å². The Labute approximate surface area is 170 Å². The van der Waals surface area contributed by atoms with Crippen molar-refractivity contribution in [2.45, 2.75) is 38.5 Å². The molecule has 2 saturated heterocycles. The lowest BCUT2D eigenvalue weighted by Gasteiger charge is -2.46. The van der Waals surface area contributed by atoms with E-state index in [-0.39, 0.29) is 17.6 Å². The van der Waals surface area contributed by atoms with Gasteiger partial charge in [0.2, 0.25) is 11.8 Å². The Morgan fingerprint density at radius 1 is 1.14 bits per heavy atom. The number of likely N-dealkylation sites (tertiary alicyclic amines) is 1. The monoisotopic (exact) mass is 398 g/mol. The third-order valence-electron chi connectivity index (χ3n) is 6.33. The number of carbonyl (C=O) groups excluding carboxylic acids is 2. The van der Waals surface area contributed by atoms with Gasteiger partial charge < -0.3 is 9.80 Å². The molecule has 2 fully saturated rings. The molecular weight excluding hydrogens is 371 g/mol. The summed E-state index contributed by atoms with van der Waals surface area (Å²) in [5.74, 6) is -0.0359. The number of amides is 2. The molecule has 7 heteroatoms. The lowest BCUT2D eigenvalue weighted by molar-refractivity contribution is -0.140. The van der Waals surface area contributed by atoms with E-state index in [2.05, 4.69) is 5.10 Å². The minimum Gasteiger partial charge on any atom is -0.343 e. The average molecular weight is 398 g/mol. The number of nitrogens with zero attached hydrogens (tertiary/aromatic N) is 4. The molecule has 154 valence electrons. The Balaban J connectivity index is 1.36. The maximum Gasteiger partial charge on any atom is 0.233 e. The van der Waals surface area contributed by atoms with E-state index in [0.717, 1.165) is 24.1 Å². The number of benzene rings is 1. The molecule has 2 aliphatic rings. The highest BCUT2D eigenvalue weighted by atomic mass is 19.1. The molecule has 1 aromatic heterocycles. The van der Waals surface area contributed by atoms with E-state index in [1.165, 1.54) is 12.1 Å². The predicted molar refractivity (Wildman–Crippen MR) is 108 cm³/mol. The molecule has 2 aliphatic heterocycles. The van der Waals surface area contributed by atoms with E-state index in [1.54, 1.807) is 27.9 Å². The molecule has 1 aromatic carbocycles. The fourth-order valence-electron chi connectivity index (χ4n) is 4.60. The maximum absolute atomic E-state index is 13.3. The number of aromatic nitrogens is 2. The van der Waals surface area contributed by atoms with Crippen LogP contribution in [0.15, 0.2) is 36.7 Å². The van der Waals surface area contributed by atoms with Crippen LogP contribution in [-0.4, -0.2) is 46.1 Å². The zero-order valence-corrected chi connectivity index (χ0v) is 16.8. The van der Waals surface area contributed by atoms with Crippen LogP contribution in [0.4, 0.5) is 10.1 Å². The number of carbonyl (C=O) groups is 2. The van der Waals surface area contributed by atoms with Gasteiger partial charge in [0.1, 0.15) is 5.82 Å². The fourth-order valence-corrected chi connectivity index (χ4v) is 4.60. The fraction of sp³-hybridized carbons (Fsp3) is 0.500. The van der Waals surface area contributed by atoms with Crippen molar-refractivity contribution in [3.63, 3.8) is 0 Å². The molecular formula is C22H27FN4O2. The average Bonchev–Trinajstić information content (AvgIpc) is 3.15. The summed E-state index contributed by atoms with van der Waals surface area (Å²) in [5.41, 5.74) is 1.42. The largest absolute Gasteiger partial charge is 0.343 e. The molecule has 3 heterocycles. The smallest absolute Gasteiger partial charge is 0.233 e. The molecule has 0 bridgehead atoms. The second kappa shape index (κ2) is 7.97. The summed E-state index contributed by atoms with van der Waals surface area (Å²) in [5, 5.41) is 4.14. The summed E-state index contributed by atoms with van der Waals surface area (Å²) in [7, 11) is 1.87. The van der Waals surface area contributed by atoms with Gasteiger partial charge in [0.15, 0.2) is 0 Å². The van der Waals surface area contributed by atoms with Gasteiger partial charge in [-0.2, -0.15) is 5.10 Å². The molecule has 29 heavy (non-hydrogen) atoms. The summed E-state index contributed by atoms with van der Waals surface area (Å²) in [6.45, 7) is 1.91. The van der Waals surface area contributed by atoms with Gasteiger partial charge in [-0.3, -0.25) is 14.3 Å². The molecule has 0 aliphatic carbocycles. The van der Waals surface area contributed by atoms with Crippen LogP contribution in [0.3, 0.4) is 0 Å². The maximum atomic E-state index is 13.3. The van der Waals surface area contributed by atoms with Gasteiger partial charge in [-0.15, -0.1) is 0 Å². The number of anilines is 1. The van der Waals surface area contributed by atoms with Gasteiger partial charge >= 0.3 is 0 Å². The standard InChI is InChI=1S/C22H27FN4O2/c1-25-16-17(15-24-25)3-8-20(28)26-13-10-22(11-14-26)9-2-12-27(21(22)29)19-6-4-18(23)5-7-19/h4-7,15-16H,2-3,8-14H2,1H3. The molecule has 0 saturated carbocycles. The molecule has 0 unspecified atom stereocenters. The van der Waals surface area contributed by atoms with Crippen molar-refractivity contribution in [3.05, 3.63) is 48.0 Å². The Kier molecular flexibility index (Phi) is 5.39. The predicted octanol–water partition coefficient (Wildman–Crippen LogP) is 2.93. The Hall–Kier alpha value is -2.70. The van der Waals surface area contributed by atoms with Crippen LogP contribution in [-0.2, 0) is 23.1 Å². The second-order valence-electron chi connectivity index (χ2n) is 8.22. The summed E-state index contributed by atoms with van der Waals surface area (Å²) in [6.07, 6.45) is 8.07. The van der Waals surface area contributed by atoms with Crippen molar-refractivity contribution in [1.29, 1.82) is 0 Å². The first-order valence-corrected chi connectivity index (χ1v) is 10.3. The van der Waals surface area contributed by atoms with Crippen molar-refractivity contribution in [3.8, 4) is 0 Å². The number of aryl methyl sites for hydroxylation is 2. The number of hydrogen-bond donors (Lipinski definition) is 0. The first-order valence-electron chi connectivity index (χ1n) is 10.3. The minimum absolute atomic E-state index is 0.123. The summed E-state index contributed by atoms with van der Waals surface area (Å²) in [4.78, 5) is 29.6. The molecule has 2 amide bonds. The third-order valence-corrected chi connectivity index (χ3v) is 6.33. The van der Waals surface area contributed by atoms with Crippen molar-refractivity contribution in [1.82, 2.24) is 14.7 Å². The SMILES string of the molecule is Cn1cc(CCC(=O)N2CCC3(CCCN(c4ccc(F)cc4)C3=O)CC2)cn1. The zero-order chi connectivity index (χ0) is 20.4. The van der Waals surface area contributed by atoms with Crippen LogP contribution in [0.2, 0.25) is 0 Å². The summed E-state index contributed by atoms with van der Waals surface area (Å²) in [6, 6.07) is 6.13. The molecule has 0 N–H and O–H groups in total. The quantitative estimate of drug-likeness (QED) is 0.796. The highest BCUT2D eigenvalue weighted by Crippen LogP contribution is 2.42. The van der Waals surface area contributed by atoms with Crippen LogP contribution >= 0.6 is 0 Å². The van der Waals surface area contributed by atoms with E-state index in [9.17, 15) is 14.0 Å². The van der Waals surface area contributed by atoms with Crippen LogP contribution in [0, 0.1) is 11.2 Å². The first-order chi connectivity index (χ1) is 14.0. The highest BCUT2D eigenvalue weighted by molar-refractivity contribution is 5.98. The van der Waals surface area contributed by atoms with Crippen molar-refractivity contribution in [2.75, 3.05) is 24.5 Å². The van der Waals surface area contributed by atoms with Gasteiger partial charge in [0.05, 0.1) is 11.6 Å². The molecule has 0 atom stereocenters. The van der Waals surface area contributed by atoms with Crippen LogP contribution in [0.25, 0.3) is 0 Å². The van der Waals surface area contributed by atoms with Crippen LogP contribution in [0.1, 0.15) is 37.7 Å². The molecule has 1 spiro atoms. The highest BCUT2D eigenvalue weighted by Gasteiger charge is 2.46. The van der Waals surface area contributed by atoms with Gasteiger partial charge in [-0.25, -0.2) is 4.39 Å². The van der Waals surface area contributed by atoms with E-state index in [4.69, 9.17) is 0 Å². The topological polar surface area (TPSA) is 58.4 Å². The number of rotatable bonds is 4. The van der Waals surface area contributed by atoms with E-state index >= 15 is 0 Å². The zero-order valence-electron chi connectivity index (χ0n) is 16.8. The van der Waals surface area contributed by atoms with Crippen LogP contribution in [0.5, 0.6) is 0 Å². The van der Waals surface area contributed by atoms with Crippen molar-refractivity contribution < 1.29 is 14.0 Å².